The number of ether oxygens (including phenoxy) is 4. The summed E-state index contributed by atoms with van der Waals surface area (Å²) in [5.41, 5.74) is 0.293. The van der Waals surface area contributed by atoms with E-state index in [4.69, 9.17) is 18.9 Å². The molecular weight excluding hydrogens is 690 g/mol. The highest BCUT2D eigenvalue weighted by Gasteiger charge is 2.49. The maximum Gasteiger partial charge on any atom is 0.407 e. The van der Waals surface area contributed by atoms with Crippen molar-refractivity contribution in [2.75, 3.05) is 39.6 Å². The Morgan fingerprint density at radius 3 is 2.50 bits per heavy atom. The van der Waals surface area contributed by atoms with Crippen molar-refractivity contribution in [2.45, 2.75) is 102 Å². The lowest BCUT2D eigenvalue weighted by Gasteiger charge is -2.40. The van der Waals surface area contributed by atoms with E-state index >= 15 is 0 Å². The second-order valence-corrected chi connectivity index (χ2v) is 17.3. The summed E-state index contributed by atoms with van der Waals surface area (Å²) in [7, 11) is -4.22. The highest BCUT2D eigenvalue weighted by molar-refractivity contribution is 7.89. The summed E-state index contributed by atoms with van der Waals surface area (Å²) in [5, 5.41) is 25.8. The van der Waals surface area contributed by atoms with Crippen molar-refractivity contribution in [3.63, 3.8) is 0 Å². The number of amides is 2. The second-order valence-electron chi connectivity index (χ2n) is 15.3. The molecule has 288 valence electrons. The third-order valence-corrected chi connectivity index (χ3v) is 11.9. The van der Waals surface area contributed by atoms with Crippen LogP contribution in [0, 0.1) is 17.3 Å². The molecule has 0 radical (unpaired) electrons. The van der Waals surface area contributed by atoms with E-state index in [9.17, 15) is 28.2 Å². The van der Waals surface area contributed by atoms with Gasteiger partial charge in [0.2, 0.25) is 22.7 Å². The smallest absolute Gasteiger partial charge is 0.407 e. The quantitative estimate of drug-likeness (QED) is 0.169. The number of carboxylic acid groups (broad SMARTS) is 1. The van der Waals surface area contributed by atoms with Crippen molar-refractivity contribution in [3.8, 4) is 11.5 Å². The number of carbonyl (C=O) groups excluding carboxylic acids is 1. The number of nitrogens with zero attached hydrogens (tertiary/aromatic N) is 2. The molecule has 5 rings (SSSR count). The van der Waals surface area contributed by atoms with Gasteiger partial charge in [-0.05, 0) is 54.7 Å². The summed E-state index contributed by atoms with van der Waals surface area (Å²) in [5.74, 6) is 0.900. The van der Waals surface area contributed by atoms with Gasteiger partial charge in [-0.3, -0.25) is 9.69 Å². The summed E-state index contributed by atoms with van der Waals surface area (Å²) in [6.45, 7) is 8.87. The van der Waals surface area contributed by atoms with E-state index in [2.05, 4.69) is 5.32 Å². The van der Waals surface area contributed by atoms with E-state index in [-0.39, 0.29) is 49.6 Å². The topological polar surface area (TPSA) is 164 Å². The largest absolute Gasteiger partial charge is 0.465 e. The first kappa shape index (κ1) is 39.8. The highest BCUT2D eigenvalue weighted by Crippen LogP contribution is 2.38. The van der Waals surface area contributed by atoms with Gasteiger partial charge in [0.15, 0.2) is 17.8 Å². The first-order valence-corrected chi connectivity index (χ1v) is 19.8. The Hall–Kier alpha value is -3.43. The SMILES string of the molecule is CC(C)CC(=O)NCCCCCC(C)(C)CN(C[C@@H](O)[C@H](Cc1ccccc1)N(C(=O)O)[C@H]1CO[C@H]2OCC[C@H]21)S(=O)(=O)c1ccc2c(c1)OCO2. The minimum absolute atomic E-state index is 0.0123. The number of hydrogen-bond donors (Lipinski definition) is 3. The fourth-order valence-electron chi connectivity index (χ4n) is 7.43. The van der Waals surface area contributed by atoms with Crippen LogP contribution in [0.3, 0.4) is 0 Å². The van der Waals surface area contributed by atoms with E-state index in [1.807, 2.05) is 58.0 Å². The molecule has 3 heterocycles. The monoisotopic (exact) mass is 745 g/mol. The van der Waals surface area contributed by atoms with Crippen LogP contribution < -0.4 is 14.8 Å². The molecule has 0 saturated carbocycles. The highest BCUT2D eigenvalue weighted by atomic mass is 32.2. The van der Waals surface area contributed by atoms with Gasteiger partial charge in [0.1, 0.15) is 0 Å². The molecule has 13 nitrogen and oxygen atoms in total. The van der Waals surface area contributed by atoms with Crippen LogP contribution >= 0.6 is 0 Å². The molecular formula is C38H55N3O10S. The maximum absolute atomic E-state index is 14.5. The third-order valence-electron chi connectivity index (χ3n) is 10.1. The minimum atomic E-state index is -4.22. The molecule has 14 heteroatoms. The second kappa shape index (κ2) is 17.6. The van der Waals surface area contributed by atoms with Crippen LogP contribution in [0.2, 0.25) is 0 Å². The summed E-state index contributed by atoms with van der Waals surface area (Å²) in [6.07, 6.45) is 1.31. The molecule has 0 unspecified atom stereocenters. The summed E-state index contributed by atoms with van der Waals surface area (Å²) >= 11 is 0. The average molecular weight is 746 g/mol. The molecule has 2 saturated heterocycles. The van der Waals surface area contributed by atoms with Crippen LogP contribution in [0.25, 0.3) is 0 Å². The number of aliphatic hydroxyl groups excluding tert-OH is 1. The standard InChI is InChI=1S/C38H55N3O10S/c1-26(2)19-35(43)39-17-10-6-9-16-38(3,4)24-40(52(46,47)28-13-14-33-34(21-28)51-25-50-33)22-32(42)30(20-27-11-7-5-8-12-27)41(37(44)45)31-23-49-36-29(31)15-18-48-36/h5,7-8,11-14,21,26,29-32,36,42H,6,9-10,15-20,22-25H2,1-4H3,(H,39,43)(H,44,45)/t29-,30-,31-,32+,36+/m0/s1. The van der Waals surface area contributed by atoms with E-state index < -0.39 is 46.0 Å². The van der Waals surface area contributed by atoms with Gasteiger partial charge in [0.25, 0.3) is 0 Å². The molecule has 2 fully saturated rings. The number of hydrogen-bond acceptors (Lipinski definition) is 9. The van der Waals surface area contributed by atoms with Crippen LogP contribution in [0.4, 0.5) is 4.79 Å². The number of sulfonamides is 1. The third kappa shape index (κ3) is 10.2. The van der Waals surface area contributed by atoms with Crippen LogP contribution in [0.1, 0.15) is 71.8 Å². The van der Waals surface area contributed by atoms with E-state index in [1.54, 1.807) is 6.07 Å². The molecule has 52 heavy (non-hydrogen) atoms. The number of fused-ring (bicyclic) bond motifs is 2. The normalized spacial score (nSPS) is 20.9. The Morgan fingerprint density at radius 1 is 1.02 bits per heavy atom. The Labute approximate surface area is 307 Å². The van der Waals surface area contributed by atoms with Gasteiger partial charge in [-0.2, -0.15) is 4.31 Å². The van der Waals surface area contributed by atoms with Gasteiger partial charge in [-0.25, -0.2) is 13.2 Å². The molecule has 2 aromatic rings. The van der Waals surface area contributed by atoms with Crippen molar-refractivity contribution < 1.29 is 47.2 Å². The molecule has 3 aliphatic rings. The first-order valence-electron chi connectivity index (χ1n) is 18.4. The predicted octanol–water partition coefficient (Wildman–Crippen LogP) is 4.87. The van der Waals surface area contributed by atoms with Crippen LogP contribution in [-0.4, -0.2) is 104 Å². The first-order chi connectivity index (χ1) is 24.7. The summed E-state index contributed by atoms with van der Waals surface area (Å²) in [4.78, 5) is 26.4. The lowest BCUT2D eigenvalue weighted by atomic mass is 9.86. The minimum Gasteiger partial charge on any atom is -0.465 e. The molecule has 0 spiro atoms. The molecule has 3 N–H and O–H groups in total. The molecule has 5 atom stereocenters. The zero-order valence-corrected chi connectivity index (χ0v) is 31.6. The maximum atomic E-state index is 14.5. The number of benzene rings is 2. The number of unbranched alkanes of at least 4 members (excludes halogenated alkanes) is 2. The lowest BCUT2D eigenvalue weighted by Crippen LogP contribution is -2.58. The van der Waals surface area contributed by atoms with E-state index in [0.717, 1.165) is 24.8 Å². The zero-order valence-electron chi connectivity index (χ0n) is 30.7. The Balaban J connectivity index is 1.38. The molecule has 0 aromatic heterocycles. The Morgan fingerprint density at radius 2 is 1.77 bits per heavy atom. The Kier molecular flexibility index (Phi) is 13.5. The number of aliphatic hydroxyl groups is 1. The average Bonchev–Trinajstić information content (AvgIpc) is 3.84. The van der Waals surface area contributed by atoms with E-state index in [1.165, 1.54) is 21.3 Å². The summed E-state index contributed by atoms with van der Waals surface area (Å²) in [6, 6.07) is 12.2. The van der Waals surface area contributed by atoms with Gasteiger partial charge in [0.05, 0.1) is 36.3 Å². The van der Waals surface area contributed by atoms with Crippen molar-refractivity contribution >= 4 is 22.0 Å². The fourth-order valence-corrected chi connectivity index (χ4v) is 9.09. The molecule has 3 aliphatic heterocycles. The number of rotatable bonds is 19. The predicted molar refractivity (Wildman–Crippen MR) is 193 cm³/mol. The molecule has 0 aliphatic carbocycles. The van der Waals surface area contributed by atoms with Gasteiger partial charge < -0.3 is 34.5 Å². The van der Waals surface area contributed by atoms with Crippen LogP contribution in [0.5, 0.6) is 11.5 Å². The van der Waals surface area contributed by atoms with Crippen molar-refractivity contribution in [2.24, 2.45) is 17.3 Å². The van der Waals surface area contributed by atoms with Crippen molar-refractivity contribution in [1.82, 2.24) is 14.5 Å². The van der Waals surface area contributed by atoms with Crippen molar-refractivity contribution in [3.05, 3.63) is 54.1 Å². The number of nitrogens with one attached hydrogen (secondary N) is 1. The zero-order chi connectivity index (χ0) is 37.5. The lowest BCUT2D eigenvalue weighted by molar-refractivity contribution is -0.121. The van der Waals surface area contributed by atoms with Gasteiger partial charge >= 0.3 is 6.09 Å². The van der Waals surface area contributed by atoms with Gasteiger partial charge in [0, 0.05) is 38.0 Å². The molecule has 2 amide bonds. The molecule has 0 bridgehead atoms. The fraction of sp³-hybridized carbons (Fsp3) is 0.632. The van der Waals surface area contributed by atoms with Crippen molar-refractivity contribution in [1.29, 1.82) is 0 Å². The molecule has 2 aromatic carbocycles. The van der Waals surface area contributed by atoms with Gasteiger partial charge in [-0.1, -0.05) is 70.9 Å². The van der Waals surface area contributed by atoms with Gasteiger partial charge in [-0.15, -0.1) is 0 Å². The number of carbonyl (C=O) groups is 2. The van der Waals surface area contributed by atoms with Crippen LogP contribution in [-0.2, 0) is 30.7 Å². The van der Waals surface area contributed by atoms with Crippen LogP contribution in [0.15, 0.2) is 53.4 Å². The van der Waals surface area contributed by atoms with E-state index in [0.29, 0.717) is 49.8 Å². The Bertz CT molecular complexity index is 1610. The summed E-state index contributed by atoms with van der Waals surface area (Å²) < 4.78 is 52.7.